The van der Waals surface area contributed by atoms with Gasteiger partial charge in [-0.3, -0.25) is 0 Å². The minimum atomic E-state index is 0.464. The number of nitrogens with one attached hydrogen (secondary N) is 1. The van der Waals surface area contributed by atoms with E-state index in [0.717, 1.165) is 18.9 Å². The van der Waals surface area contributed by atoms with Crippen LogP contribution in [-0.4, -0.2) is 13.2 Å². The SMILES string of the molecule is CCCNC(c1ccc(OCC)cc1)C(CC)CC. The van der Waals surface area contributed by atoms with Gasteiger partial charge in [-0.2, -0.15) is 0 Å². The molecule has 0 aliphatic carbocycles. The number of benzene rings is 1. The molecule has 19 heavy (non-hydrogen) atoms. The maximum atomic E-state index is 5.51. The van der Waals surface area contributed by atoms with Crippen LogP contribution in [0.15, 0.2) is 24.3 Å². The van der Waals surface area contributed by atoms with Gasteiger partial charge in [-0.1, -0.05) is 45.7 Å². The summed E-state index contributed by atoms with van der Waals surface area (Å²) in [5, 5.41) is 3.70. The topological polar surface area (TPSA) is 21.3 Å². The van der Waals surface area contributed by atoms with E-state index in [2.05, 4.69) is 50.4 Å². The standard InChI is InChI=1S/C17H29NO/c1-5-13-18-17(14(6-2)7-3)15-9-11-16(12-10-15)19-8-4/h9-12,14,17-18H,5-8,13H2,1-4H3. The normalized spacial score (nSPS) is 12.7. The van der Waals surface area contributed by atoms with Crippen LogP contribution in [0.5, 0.6) is 5.75 Å². The summed E-state index contributed by atoms with van der Waals surface area (Å²) in [5.74, 6) is 1.66. The van der Waals surface area contributed by atoms with Crippen molar-refractivity contribution in [2.75, 3.05) is 13.2 Å². The molecule has 0 heterocycles. The molecule has 1 aromatic carbocycles. The van der Waals surface area contributed by atoms with Crippen molar-refractivity contribution in [3.63, 3.8) is 0 Å². The molecular formula is C17H29NO. The van der Waals surface area contributed by atoms with E-state index in [0.29, 0.717) is 12.0 Å². The first-order valence-corrected chi connectivity index (χ1v) is 7.72. The molecule has 2 heteroatoms. The smallest absolute Gasteiger partial charge is 0.119 e. The van der Waals surface area contributed by atoms with Crippen molar-refractivity contribution in [1.82, 2.24) is 5.32 Å². The van der Waals surface area contributed by atoms with Crippen molar-refractivity contribution in [2.24, 2.45) is 5.92 Å². The lowest BCUT2D eigenvalue weighted by atomic mass is 9.88. The van der Waals surface area contributed by atoms with E-state index in [1.54, 1.807) is 0 Å². The van der Waals surface area contributed by atoms with Gasteiger partial charge in [-0.25, -0.2) is 0 Å². The monoisotopic (exact) mass is 263 g/mol. The lowest BCUT2D eigenvalue weighted by molar-refractivity contribution is 0.334. The van der Waals surface area contributed by atoms with E-state index >= 15 is 0 Å². The Hall–Kier alpha value is -1.02. The van der Waals surface area contributed by atoms with Crippen LogP contribution in [0.3, 0.4) is 0 Å². The van der Waals surface area contributed by atoms with E-state index in [1.165, 1.54) is 24.8 Å². The third-order valence-electron chi connectivity index (χ3n) is 3.68. The summed E-state index contributed by atoms with van der Waals surface area (Å²) in [4.78, 5) is 0. The molecular weight excluding hydrogens is 234 g/mol. The molecule has 1 atom stereocenters. The summed E-state index contributed by atoms with van der Waals surface area (Å²) in [6.07, 6.45) is 3.60. The highest BCUT2D eigenvalue weighted by atomic mass is 16.5. The second-order valence-electron chi connectivity index (χ2n) is 5.01. The van der Waals surface area contributed by atoms with E-state index < -0.39 is 0 Å². The van der Waals surface area contributed by atoms with E-state index in [-0.39, 0.29) is 0 Å². The Balaban J connectivity index is 2.83. The molecule has 2 nitrogen and oxygen atoms in total. The van der Waals surface area contributed by atoms with Crippen molar-refractivity contribution < 1.29 is 4.74 Å². The van der Waals surface area contributed by atoms with Crippen molar-refractivity contribution in [2.45, 2.75) is 53.0 Å². The highest BCUT2D eigenvalue weighted by Gasteiger charge is 2.19. The first-order valence-electron chi connectivity index (χ1n) is 7.72. The number of rotatable bonds is 9. The molecule has 0 radical (unpaired) electrons. The zero-order valence-corrected chi connectivity index (χ0v) is 12.9. The van der Waals surface area contributed by atoms with Gasteiger partial charge in [0.15, 0.2) is 0 Å². The molecule has 1 N–H and O–H groups in total. The average molecular weight is 263 g/mol. The molecule has 0 aliphatic rings. The van der Waals surface area contributed by atoms with Gasteiger partial charge in [-0.05, 0) is 43.5 Å². The molecule has 0 amide bonds. The van der Waals surface area contributed by atoms with Gasteiger partial charge in [-0.15, -0.1) is 0 Å². The quantitative estimate of drug-likeness (QED) is 0.705. The predicted molar refractivity (Wildman–Crippen MR) is 82.7 cm³/mol. The van der Waals surface area contributed by atoms with Crippen LogP contribution < -0.4 is 10.1 Å². The maximum Gasteiger partial charge on any atom is 0.119 e. The third kappa shape index (κ3) is 4.87. The lowest BCUT2D eigenvalue weighted by Gasteiger charge is -2.27. The summed E-state index contributed by atoms with van der Waals surface area (Å²) >= 11 is 0. The van der Waals surface area contributed by atoms with Gasteiger partial charge in [0.2, 0.25) is 0 Å². The molecule has 0 aromatic heterocycles. The first-order chi connectivity index (χ1) is 9.26. The van der Waals surface area contributed by atoms with Gasteiger partial charge in [0.25, 0.3) is 0 Å². The van der Waals surface area contributed by atoms with E-state index in [4.69, 9.17) is 4.74 Å². The summed E-state index contributed by atoms with van der Waals surface area (Å²) in [7, 11) is 0. The molecule has 108 valence electrons. The van der Waals surface area contributed by atoms with Crippen LogP contribution in [0.1, 0.15) is 58.6 Å². The second kappa shape index (κ2) is 8.98. The van der Waals surface area contributed by atoms with Crippen molar-refractivity contribution in [1.29, 1.82) is 0 Å². The zero-order chi connectivity index (χ0) is 14.1. The fourth-order valence-corrected chi connectivity index (χ4v) is 2.55. The fraction of sp³-hybridized carbons (Fsp3) is 0.647. The van der Waals surface area contributed by atoms with Gasteiger partial charge in [0.1, 0.15) is 5.75 Å². The highest BCUT2D eigenvalue weighted by molar-refractivity contribution is 5.29. The Bertz CT molecular complexity index is 330. The van der Waals surface area contributed by atoms with Gasteiger partial charge >= 0.3 is 0 Å². The molecule has 0 bridgehead atoms. The third-order valence-corrected chi connectivity index (χ3v) is 3.68. The Kier molecular flexibility index (Phi) is 7.57. The molecule has 1 aromatic rings. The van der Waals surface area contributed by atoms with Crippen LogP contribution >= 0.6 is 0 Å². The average Bonchev–Trinajstić information content (AvgIpc) is 2.45. The summed E-state index contributed by atoms with van der Waals surface area (Å²) < 4.78 is 5.51. The molecule has 0 spiro atoms. The van der Waals surface area contributed by atoms with Crippen LogP contribution in [0.2, 0.25) is 0 Å². The minimum Gasteiger partial charge on any atom is -0.494 e. The van der Waals surface area contributed by atoms with Crippen LogP contribution in [0.25, 0.3) is 0 Å². The molecule has 1 rings (SSSR count). The van der Waals surface area contributed by atoms with E-state index in [1.807, 2.05) is 6.92 Å². The molecule has 0 fully saturated rings. The Morgan fingerprint density at radius 2 is 1.63 bits per heavy atom. The number of hydrogen-bond acceptors (Lipinski definition) is 2. The molecule has 0 saturated carbocycles. The van der Waals surface area contributed by atoms with Gasteiger partial charge in [0.05, 0.1) is 6.61 Å². The van der Waals surface area contributed by atoms with Crippen molar-refractivity contribution in [3.05, 3.63) is 29.8 Å². The van der Waals surface area contributed by atoms with Crippen LogP contribution in [0, 0.1) is 5.92 Å². The summed E-state index contributed by atoms with van der Waals surface area (Å²) in [6.45, 7) is 10.6. The summed E-state index contributed by atoms with van der Waals surface area (Å²) in [6, 6.07) is 9.04. The van der Waals surface area contributed by atoms with Crippen molar-refractivity contribution >= 4 is 0 Å². The molecule has 1 unspecified atom stereocenters. The van der Waals surface area contributed by atoms with Crippen LogP contribution in [0.4, 0.5) is 0 Å². The van der Waals surface area contributed by atoms with E-state index in [9.17, 15) is 0 Å². The maximum absolute atomic E-state index is 5.51. The second-order valence-corrected chi connectivity index (χ2v) is 5.01. The molecule has 0 saturated heterocycles. The number of ether oxygens (including phenoxy) is 1. The summed E-state index contributed by atoms with van der Waals surface area (Å²) in [5.41, 5.74) is 1.38. The predicted octanol–water partition coefficient (Wildman–Crippen LogP) is 4.56. The Morgan fingerprint density at radius 3 is 2.11 bits per heavy atom. The lowest BCUT2D eigenvalue weighted by Crippen LogP contribution is -2.28. The Morgan fingerprint density at radius 1 is 1.00 bits per heavy atom. The fourth-order valence-electron chi connectivity index (χ4n) is 2.55. The van der Waals surface area contributed by atoms with Gasteiger partial charge < -0.3 is 10.1 Å². The van der Waals surface area contributed by atoms with Gasteiger partial charge in [0, 0.05) is 6.04 Å². The number of hydrogen-bond donors (Lipinski definition) is 1. The van der Waals surface area contributed by atoms with Crippen LogP contribution in [-0.2, 0) is 0 Å². The zero-order valence-electron chi connectivity index (χ0n) is 12.9. The first kappa shape index (κ1) is 16.0. The minimum absolute atomic E-state index is 0.464. The van der Waals surface area contributed by atoms with Crippen molar-refractivity contribution in [3.8, 4) is 5.75 Å². The largest absolute Gasteiger partial charge is 0.494 e. The molecule has 0 aliphatic heterocycles. The highest BCUT2D eigenvalue weighted by Crippen LogP contribution is 2.28. The Labute approximate surface area is 118 Å².